The van der Waals surface area contributed by atoms with Crippen LogP contribution in [0.1, 0.15) is 33.6 Å². The quantitative estimate of drug-likeness (QED) is 0.444. The van der Waals surface area contributed by atoms with E-state index in [0.29, 0.717) is 28.9 Å². The highest BCUT2D eigenvalue weighted by Gasteiger charge is 2.36. The maximum absolute atomic E-state index is 13.8. The molecule has 2 fully saturated rings. The molecule has 1 aromatic rings. The molecule has 0 atom stereocenters. The first-order valence-electron chi connectivity index (χ1n) is 14.0. The van der Waals surface area contributed by atoms with Gasteiger partial charge in [-0.1, -0.05) is 24.3 Å². The summed E-state index contributed by atoms with van der Waals surface area (Å²) in [7, 11) is 8.46. The fourth-order valence-electron chi connectivity index (χ4n) is 5.71. The Hall–Kier alpha value is -2.10. The first-order valence-corrected chi connectivity index (χ1v) is 14.0. The van der Waals surface area contributed by atoms with Crippen LogP contribution in [0.15, 0.2) is 35.5 Å². The third kappa shape index (κ3) is 7.27. The number of nitrogens with zero attached hydrogens (tertiary/aromatic N) is 6. The molecular weight excluding hydrogens is 464 g/mol. The molecule has 0 radical (unpaired) electrons. The molecule has 1 aromatic carbocycles. The minimum Gasteiger partial charge on any atom is -0.365 e. The van der Waals surface area contributed by atoms with Crippen LogP contribution in [0.4, 0.5) is 0 Å². The molecule has 2 aliphatic heterocycles. The zero-order valence-corrected chi connectivity index (χ0v) is 23.4. The highest BCUT2D eigenvalue weighted by Crippen LogP contribution is 2.30. The summed E-state index contributed by atoms with van der Waals surface area (Å²) in [4.78, 5) is 41.5. The van der Waals surface area contributed by atoms with Gasteiger partial charge in [-0.15, -0.1) is 0 Å². The van der Waals surface area contributed by atoms with Gasteiger partial charge in [0.25, 0.3) is 0 Å². The predicted molar refractivity (Wildman–Crippen MR) is 149 cm³/mol. The van der Waals surface area contributed by atoms with Gasteiger partial charge in [-0.2, -0.15) is 0 Å². The highest BCUT2D eigenvalue weighted by atomic mass is 16.1. The van der Waals surface area contributed by atoms with Crippen molar-refractivity contribution in [3.05, 3.63) is 46.7 Å². The Labute approximate surface area is 223 Å². The van der Waals surface area contributed by atoms with Crippen molar-refractivity contribution in [1.29, 1.82) is 0 Å². The van der Waals surface area contributed by atoms with E-state index in [1.54, 1.807) is 0 Å². The summed E-state index contributed by atoms with van der Waals surface area (Å²) < 4.78 is 0. The lowest BCUT2D eigenvalue weighted by Gasteiger charge is -2.40. The molecule has 0 unspecified atom stereocenters. The minimum absolute atomic E-state index is 0.0218. The lowest BCUT2D eigenvalue weighted by Crippen LogP contribution is -2.50. The van der Waals surface area contributed by atoms with Crippen LogP contribution in [0.25, 0.3) is 0 Å². The predicted octanol–water partition coefficient (Wildman–Crippen LogP) is 1.46. The van der Waals surface area contributed by atoms with E-state index in [2.05, 4.69) is 57.6 Å². The van der Waals surface area contributed by atoms with Gasteiger partial charge >= 0.3 is 0 Å². The molecule has 0 aromatic heterocycles. The Kier molecular flexibility index (Phi) is 9.90. The van der Waals surface area contributed by atoms with Crippen LogP contribution in [-0.4, -0.2) is 154 Å². The number of allylic oxidation sites excluding steroid dienone is 1. The molecule has 4 rings (SSSR count). The zero-order valence-electron chi connectivity index (χ0n) is 23.4. The van der Waals surface area contributed by atoms with Gasteiger partial charge in [0.15, 0.2) is 5.78 Å². The van der Waals surface area contributed by atoms with Gasteiger partial charge in [0.05, 0.1) is 5.70 Å². The molecular formula is C29H46N6O2. The Balaban J connectivity index is 1.44. The average Bonchev–Trinajstić information content (AvgIpc) is 2.88. The molecule has 2 saturated heterocycles. The summed E-state index contributed by atoms with van der Waals surface area (Å²) in [6.07, 6.45) is 2.32. The summed E-state index contributed by atoms with van der Waals surface area (Å²) in [5, 5.41) is 0. The van der Waals surface area contributed by atoms with Gasteiger partial charge < -0.3 is 19.6 Å². The molecule has 1 aliphatic carbocycles. The normalized spacial score (nSPS) is 20.4. The summed E-state index contributed by atoms with van der Waals surface area (Å²) in [5.74, 6) is 0.0561. The lowest BCUT2D eigenvalue weighted by atomic mass is 9.86. The second kappa shape index (κ2) is 13.1. The third-order valence-electron chi connectivity index (χ3n) is 7.89. The van der Waals surface area contributed by atoms with Crippen LogP contribution in [0.5, 0.6) is 0 Å². The summed E-state index contributed by atoms with van der Waals surface area (Å²) >= 11 is 0. The van der Waals surface area contributed by atoms with Crippen molar-refractivity contribution in [3.63, 3.8) is 0 Å². The van der Waals surface area contributed by atoms with E-state index >= 15 is 0 Å². The van der Waals surface area contributed by atoms with Crippen LogP contribution in [0.2, 0.25) is 0 Å². The largest absolute Gasteiger partial charge is 0.365 e. The Morgan fingerprint density at radius 1 is 0.649 bits per heavy atom. The fraction of sp³-hybridized carbons (Fsp3) is 0.655. The molecule has 204 valence electrons. The van der Waals surface area contributed by atoms with Crippen LogP contribution in [0.3, 0.4) is 0 Å². The number of hydrogen-bond acceptors (Lipinski definition) is 8. The molecule has 0 bridgehead atoms. The maximum Gasteiger partial charge on any atom is 0.210 e. The molecule has 0 saturated carbocycles. The smallest absolute Gasteiger partial charge is 0.210 e. The number of benzene rings is 1. The van der Waals surface area contributed by atoms with E-state index in [1.807, 2.05) is 24.3 Å². The number of carbonyl (C=O) groups is 2. The van der Waals surface area contributed by atoms with E-state index in [1.165, 1.54) is 6.42 Å². The third-order valence-corrected chi connectivity index (χ3v) is 7.89. The molecule has 3 aliphatic rings. The highest BCUT2D eigenvalue weighted by molar-refractivity contribution is 6.26. The Morgan fingerprint density at radius 2 is 1.11 bits per heavy atom. The summed E-state index contributed by atoms with van der Waals surface area (Å²) in [6, 6.07) is 7.37. The molecule has 37 heavy (non-hydrogen) atoms. The SMILES string of the molecule is CN(C)CCCN1CCN(CC2=C(N3CCN(CCCN(C)C)CC3)C(=O)c3ccccc3C2=O)CC1. The average molecular weight is 511 g/mol. The van der Waals surface area contributed by atoms with Crippen molar-refractivity contribution in [2.75, 3.05) is 113 Å². The number of Topliss-reactive ketones (excluding diaryl/α,β-unsaturated/α-hetero) is 2. The van der Waals surface area contributed by atoms with Crippen LogP contribution < -0.4 is 0 Å². The van der Waals surface area contributed by atoms with Crippen molar-refractivity contribution in [2.45, 2.75) is 12.8 Å². The van der Waals surface area contributed by atoms with E-state index in [9.17, 15) is 9.59 Å². The molecule has 0 amide bonds. The van der Waals surface area contributed by atoms with Gasteiger partial charge in [0, 0.05) is 75.6 Å². The summed E-state index contributed by atoms with van der Waals surface area (Å²) in [5.41, 5.74) is 2.48. The van der Waals surface area contributed by atoms with Crippen molar-refractivity contribution in [2.24, 2.45) is 0 Å². The number of hydrogen-bond donors (Lipinski definition) is 0. The fourth-order valence-corrected chi connectivity index (χ4v) is 5.71. The maximum atomic E-state index is 13.8. The lowest BCUT2D eigenvalue weighted by molar-refractivity contribution is 0.0881. The van der Waals surface area contributed by atoms with Gasteiger partial charge in [0.1, 0.15) is 0 Å². The van der Waals surface area contributed by atoms with E-state index < -0.39 is 0 Å². The molecule has 0 spiro atoms. The van der Waals surface area contributed by atoms with Crippen molar-refractivity contribution in [3.8, 4) is 0 Å². The second-order valence-corrected chi connectivity index (χ2v) is 11.3. The standard InChI is InChI=1S/C29H46N6O2/c1-30(2)11-7-13-32-15-17-34(18-16-32)23-26-27(29(37)25-10-6-5-9-24(25)28(26)36)35-21-19-33(20-22-35)14-8-12-31(3)4/h5-6,9-10H,7-8,11-23H2,1-4H3. The number of ketones is 2. The molecule has 8 nitrogen and oxygen atoms in total. The number of rotatable bonds is 11. The minimum atomic E-state index is 0.0218. The van der Waals surface area contributed by atoms with E-state index in [-0.39, 0.29) is 11.6 Å². The number of piperazine rings is 2. The first-order chi connectivity index (χ1) is 17.8. The molecule has 8 heteroatoms. The van der Waals surface area contributed by atoms with Crippen LogP contribution >= 0.6 is 0 Å². The van der Waals surface area contributed by atoms with Gasteiger partial charge in [-0.05, 0) is 67.2 Å². The first kappa shape index (κ1) is 27.9. The van der Waals surface area contributed by atoms with Crippen molar-refractivity contribution in [1.82, 2.24) is 29.4 Å². The van der Waals surface area contributed by atoms with E-state index in [4.69, 9.17) is 0 Å². The second-order valence-electron chi connectivity index (χ2n) is 11.3. The molecule has 0 N–H and O–H groups in total. The number of carbonyl (C=O) groups excluding carboxylic acids is 2. The van der Waals surface area contributed by atoms with Crippen LogP contribution in [0, 0.1) is 0 Å². The summed E-state index contributed by atoms with van der Waals surface area (Å²) in [6.45, 7) is 12.3. The molecule has 2 heterocycles. The van der Waals surface area contributed by atoms with Gasteiger partial charge in [0.2, 0.25) is 5.78 Å². The zero-order chi connectivity index (χ0) is 26.4. The van der Waals surface area contributed by atoms with Crippen molar-refractivity contribution < 1.29 is 9.59 Å². The van der Waals surface area contributed by atoms with Gasteiger partial charge in [-0.25, -0.2) is 0 Å². The Bertz CT molecular complexity index is 959. The van der Waals surface area contributed by atoms with Crippen molar-refractivity contribution >= 4 is 11.6 Å². The number of fused-ring (bicyclic) bond motifs is 1. The Morgan fingerprint density at radius 3 is 1.62 bits per heavy atom. The van der Waals surface area contributed by atoms with Crippen LogP contribution in [-0.2, 0) is 0 Å². The van der Waals surface area contributed by atoms with Gasteiger partial charge in [-0.3, -0.25) is 19.4 Å². The van der Waals surface area contributed by atoms with E-state index in [0.717, 1.165) is 85.0 Å². The monoisotopic (exact) mass is 510 g/mol. The topological polar surface area (TPSA) is 53.6 Å².